The first kappa shape index (κ1) is 16.5. The normalized spacial score (nSPS) is 13.2. The van der Waals surface area contributed by atoms with Crippen LogP contribution in [0.5, 0.6) is 0 Å². The minimum absolute atomic E-state index is 0.0197. The van der Waals surface area contributed by atoms with E-state index in [0.717, 1.165) is 18.6 Å². The van der Waals surface area contributed by atoms with Gasteiger partial charge in [-0.25, -0.2) is 0 Å². The summed E-state index contributed by atoms with van der Waals surface area (Å²) in [6, 6.07) is 0. The van der Waals surface area contributed by atoms with Gasteiger partial charge in [-0.3, -0.25) is 0 Å². The highest BCUT2D eigenvalue weighted by Gasteiger charge is 2.22. The Morgan fingerprint density at radius 3 is 2.41 bits per heavy atom. The number of ether oxygens (including phenoxy) is 1. The van der Waals surface area contributed by atoms with Gasteiger partial charge in [-0.1, -0.05) is 38.8 Å². The molecule has 0 fully saturated rings. The molecule has 100 valence electrons. The van der Waals surface area contributed by atoms with Crippen molar-refractivity contribution >= 4 is 8.32 Å². The first-order chi connectivity index (χ1) is 7.90. The van der Waals surface area contributed by atoms with Crippen molar-refractivity contribution in [3.63, 3.8) is 0 Å². The van der Waals surface area contributed by atoms with E-state index in [-0.39, 0.29) is 6.10 Å². The average Bonchev–Trinajstić information content (AvgIpc) is 2.20. The SMILES string of the molecule is C=CCOC(CCCCC)C(=C)O[Si](C)(C)C. The van der Waals surface area contributed by atoms with E-state index in [4.69, 9.17) is 9.16 Å². The Balaban J connectivity index is 4.23. The molecule has 17 heavy (non-hydrogen) atoms. The van der Waals surface area contributed by atoms with Crippen LogP contribution in [0.3, 0.4) is 0 Å². The minimum atomic E-state index is -1.58. The monoisotopic (exact) mass is 256 g/mol. The van der Waals surface area contributed by atoms with Crippen molar-refractivity contribution in [1.82, 2.24) is 0 Å². The fourth-order valence-electron chi connectivity index (χ4n) is 1.56. The summed E-state index contributed by atoms with van der Waals surface area (Å²) in [5.41, 5.74) is 0. The third-order valence-corrected chi connectivity index (χ3v) is 3.16. The standard InChI is InChI=1S/C14H28O2Si/c1-7-9-10-11-14(15-12-8-2)13(3)16-17(4,5)6/h8,14H,2-3,7,9-12H2,1,4-6H3. The molecule has 0 radical (unpaired) electrons. The molecule has 0 rings (SSSR count). The molecule has 0 saturated carbocycles. The van der Waals surface area contributed by atoms with E-state index in [1.54, 1.807) is 6.08 Å². The third kappa shape index (κ3) is 9.18. The van der Waals surface area contributed by atoms with Gasteiger partial charge < -0.3 is 9.16 Å². The van der Waals surface area contributed by atoms with Crippen LogP contribution in [-0.2, 0) is 9.16 Å². The molecule has 0 amide bonds. The van der Waals surface area contributed by atoms with E-state index in [9.17, 15) is 0 Å². The van der Waals surface area contributed by atoms with Gasteiger partial charge in [-0.15, -0.1) is 6.58 Å². The molecule has 0 aliphatic rings. The molecule has 0 heterocycles. The van der Waals surface area contributed by atoms with E-state index < -0.39 is 8.32 Å². The zero-order valence-electron chi connectivity index (χ0n) is 11.9. The van der Waals surface area contributed by atoms with E-state index in [2.05, 4.69) is 39.7 Å². The Morgan fingerprint density at radius 1 is 1.29 bits per heavy atom. The highest BCUT2D eigenvalue weighted by molar-refractivity contribution is 6.70. The van der Waals surface area contributed by atoms with Crippen LogP contribution in [0.1, 0.15) is 32.6 Å². The van der Waals surface area contributed by atoms with Crippen LogP contribution in [0, 0.1) is 0 Å². The Morgan fingerprint density at radius 2 is 1.94 bits per heavy atom. The van der Waals surface area contributed by atoms with Gasteiger partial charge in [0.2, 0.25) is 8.32 Å². The Kier molecular flexibility index (Phi) is 8.26. The van der Waals surface area contributed by atoms with Crippen LogP contribution in [0.4, 0.5) is 0 Å². The van der Waals surface area contributed by atoms with E-state index in [1.165, 1.54) is 12.8 Å². The molecule has 0 aromatic heterocycles. The van der Waals surface area contributed by atoms with Gasteiger partial charge >= 0.3 is 0 Å². The second-order valence-electron chi connectivity index (χ2n) is 5.29. The number of hydrogen-bond donors (Lipinski definition) is 0. The quantitative estimate of drug-likeness (QED) is 0.248. The maximum Gasteiger partial charge on any atom is 0.241 e. The molecular weight excluding hydrogens is 228 g/mol. The number of hydrogen-bond acceptors (Lipinski definition) is 2. The summed E-state index contributed by atoms with van der Waals surface area (Å²) in [5.74, 6) is 0.794. The van der Waals surface area contributed by atoms with E-state index in [1.807, 2.05) is 0 Å². The van der Waals surface area contributed by atoms with Gasteiger partial charge in [0.05, 0.1) is 6.61 Å². The molecule has 1 atom stereocenters. The molecule has 1 unspecified atom stereocenters. The average molecular weight is 256 g/mol. The molecule has 0 aromatic rings. The summed E-state index contributed by atoms with van der Waals surface area (Å²) >= 11 is 0. The third-order valence-electron chi connectivity index (χ3n) is 2.28. The smallest absolute Gasteiger partial charge is 0.241 e. The van der Waals surface area contributed by atoms with Crippen molar-refractivity contribution in [3.8, 4) is 0 Å². The predicted molar refractivity (Wildman–Crippen MR) is 77.7 cm³/mol. The largest absolute Gasteiger partial charge is 0.546 e. The topological polar surface area (TPSA) is 18.5 Å². The molecule has 0 spiro atoms. The van der Waals surface area contributed by atoms with Crippen molar-refractivity contribution in [1.29, 1.82) is 0 Å². The van der Waals surface area contributed by atoms with Gasteiger partial charge in [0, 0.05) is 0 Å². The highest BCUT2D eigenvalue weighted by atomic mass is 28.4. The molecule has 0 bridgehead atoms. The summed E-state index contributed by atoms with van der Waals surface area (Å²) in [6.45, 7) is 16.9. The molecular formula is C14H28O2Si. The zero-order valence-corrected chi connectivity index (χ0v) is 12.9. The predicted octanol–water partition coefficient (Wildman–Crippen LogP) is 4.50. The second-order valence-corrected chi connectivity index (χ2v) is 9.72. The Bertz CT molecular complexity index is 231. The molecule has 0 aromatic carbocycles. The van der Waals surface area contributed by atoms with Crippen LogP contribution in [0.15, 0.2) is 25.0 Å². The Labute approximate surface area is 108 Å². The first-order valence-corrected chi connectivity index (χ1v) is 9.91. The molecule has 0 N–H and O–H groups in total. The van der Waals surface area contributed by atoms with Crippen LogP contribution in [0.25, 0.3) is 0 Å². The highest BCUT2D eigenvalue weighted by Crippen LogP contribution is 2.19. The maximum absolute atomic E-state index is 5.91. The van der Waals surface area contributed by atoms with Crippen LogP contribution in [0.2, 0.25) is 19.6 Å². The van der Waals surface area contributed by atoms with Crippen LogP contribution < -0.4 is 0 Å². The lowest BCUT2D eigenvalue weighted by atomic mass is 10.1. The number of unbranched alkanes of at least 4 members (excludes halogenated alkanes) is 2. The molecule has 0 aliphatic carbocycles. The molecule has 2 nitrogen and oxygen atoms in total. The lowest BCUT2D eigenvalue weighted by molar-refractivity contribution is 0.0644. The molecule has 0 saturated heterocycles. The van der Waals surface area contributed by atoms with Gasteiger partial charge in [-0.2, -0.15) is 0 Å². The van der Waals surface area contributed by atoms with Gasteiger partial charge in [-0.05, 0) is 26.1 Å². The van der Waals surface area contributed by atoms with E-state index >= 15 is 0 Å². The van der Waals surface area contributed by atoms with Crippen molar-refractivity contribution in [2.24, 2.45) is 0 Å². The summed E-state index contributed by atoms with van der Waals surface area (Å²) in [5, 5.41) is 0. The van der Waals surface area contributed by atoms with Gasteiger partial charge in [0.15, 0.2) is 0 Å². The summed E-state index contributed by atoms with van der Waals surface area (Å²) in [4.78, 5) is 0. The van der Waals surface area contributed by atoms with Crippen LogP contribution >= 0.6 is 0 Å². The molecule has 3 heteroatoms. The van der Waals surface area contributed by atoms with Crippen LogP contribution in [-0.4, -0.2) is 21.0 Å². The van der Waals surface area contributed by atoms with Gasteiger partial charge in [0.1, 0.15) is 11.9 Å². The van der Waals surface area contributed by atoms with Crippen molar-refractivity contribution in [2.45, 2.75) is 58.4 Å². The summed E-state index contributed by atoms with van der Waals surface area (Å²) in [7, 11) is -1.58. The van der Waals surface area contributed by atoms with Crippen molar-refractivity contribution in [3.05, 3.63) is 25.0 Å². The summed E-state index contributed by atoms with van der Waals surface area (Å²) < 4.78 is 11.6. The lowest BCUT2D eigenvalue weighted by Gasteiger charge is -2.26. The van der Waals surface area contributed by atoms with Crippen molar-refractivity contribution < 1.29 is 9.16 Å². The van der Waals surface area contributed by atoms with Crippen molar-refractivity contribution in [2.75, 3.05) is 6.61 Å². The minimum Gasteiger partial charge on any atom is -0.546 e. The first-order valence-electron chi connectivity index (χ1n) is 6.51. The zero-order chi connectivity index (χ0) is 13.3. The fraction of sp³-hybridized carbons (Fsp3) is 0.714. The van der Waals surface area contributed by atoms with Gasteiger partial charge in [0.25, 0.3) is 0 Å². The fourth-order valence-corrected chi connectivity index (χ4v) is 2.48. The molecule has 0 aliphatic heterocycles. The van der Waals surface area contributed by atoms with E-state index in [0.29, 0.717) is 6.61 Å². The maximum atomic E-state index is 5.91. The Hall–Kier alpha value is -0.543. The lowest BCUT2D eigenvalue weighted by Crippen LogP contribution is -2.29. The second kappa shape index (κ2) is 8.53. The number of rotatable bonds is 10. The summed E-state index contributed by atoms with van der Waals surface area (Å²) in [6.07, 6.45) is 6.39.